The van der Waals surface area contributed by atoms with E-state index in [1.165, 1.54) is 12.0 Å². The van der Waals surface area contributed by atoms with Crippen LogP contribution in [0.4, 0.5) is 5.69 Å². The van der Waals surface area contributed by atoms with Crippen molar-refractivity contribution in [1.29, 1.82) is 0 Å². The van der Waals surface area contributed by atoms with E-state index in [0.717, 1.165) is 44.3 Å². The van der Waals surface area contributed by atoms with Crippen molar-refractivity contribution in [2.45, 2.75) is 64.0 Å². The van der Waals surface area contributed by atoms with Gasteiger partial charge in [0.2, 0.25) is 5.91 Å². The molecule has 1 saturated heterocycles. The molecule has 4 nitrogen and oxygen atoms in total. The maximum absolute atomic E-state index is 13.4. The first-order chi connectivity index (χ1) is 11.6. The van der Waals surface area contributed by atoms with E-state index < -0.39 is 5.54 Å². The van der Waals surface area contributed by atoms with Crippen LogP contribution in [0, 0.1) is 6.92 Å². The Hall–Kier alpha value is -1.55. The average molecular weight is 330 g/mol. The summed E-state index contributed by atoms with van der Waals surface area (Å²) in [5, 5.41) is 3.62. The highest BCUT2D eigenvalue weighted by Crippen LogP contribution is 2.34. The molecular weight excluding hydrogens is 300 g/mol. The molecule has 0 bridgehead atoms. The third-order valence-corrected chi connectivity index (χ3v) is 5.43. The zero-order chi connectivity index (χ0) is 17.0. The molecule has 1 aromatic carbocycles. The number of amides is 1. The summed E-state index contributed by atoms with van der Waals surface area (Å²) < 4.78 is 5.74. The van der Waals surface area contributed by atoms with Crippen LogP contribution < -0.4 is 5.32 Å². The van der Waals surface area contributed by atoms with Gasteiger partial charge in [-0.2, -0.15) is 0 Å². The molecule has 1 N–H and O–H groups in total. The zero-order valence-electron chi connectivity index (χ0n) is 15.0. The molecule has 1 atom stereocenters. The van der Waals surface area contributed by atoms with Gasteiger partial charge in [0.05, 0.1) is 12.7 Å². The second kappa shape index (κ2) is 7.56. The summed E-state index contributed by atoms with van der Waals surface area (Å²) in [6, 6.07) is 8.39. The molecule has 1 heterocycles. The molecule has 0 aromatic heterocycles. The Morgan fingerprint density at radius 3 is 2.62 bits per heavy atom. The number of hydrogen-bond acceptors (Lipinski definition) is 3. The lowest BCUT2D eigenvalue weighted by molar-refractivity contribution is -0.144. The number of aryl methyl sites for hydroxylation is 1. The Morgan fingerprint density at radius 1 is 1.25 bits per heavy atom. The molecule has 1 aliphatic carbocycles. The molecule has 1 saturated carbocycles. The van der Waals surface area contributed by atoms with Crippen LogP contribution in [0.5, 0.6) is 0 Å². The van der Waals surface area contributed by atoms with E-state index in [-0.39, 0.29) is 12.0 Å². The van der Waals surface area contributed by atoms with E-state index in [1.54, 1.807) is 0 Å². The number of hydrogen-bond donors (Lipinski definition) is 1. The smallest absolute Gasteiger partial charge is 0.248 e. The minimum absolute atomic E-state index is 0.183. The fourth-order valence-electron chi connectivity index (χ4n) is 3.91. The molecule has 2 fully saturated rings. The summed E-state index contributed by atoms with van der Waals surface area (Å²) in [6.07, 6.45) is 6.45. The van der Waals surface area contributed by atoms with Gasteiger partial charge in [-0.15, -0.1) is 0 Å². The number of carbonyl (C=O) groups is 1. The van der Waals surface area contributed by atoms with Gasteiger partial charge in [0.1, 0.15) is 5.54 Å². The van der Waals surface area contributed by atoms with Gasteiger partial charge in [-0.25, -0.2) is 0 Å². The van der Waals surface area contributed by atoms with E-state index in [0.29, 0.717) is 13.2 Å². The molecule has 4 heteroatoms. The summed E-state index contributed by atoms with van der Waals surface area (Å²) in [4.78, 5) is 15.4. The van der Waals surface area contributed by atoms with Crippen LogP contribution >= 0.6 is 0 Å². The second-order valence-electron chi connectivity index (χ2n) is 7.29. The largest absolute Gasteiger partial charge is 0.375 e. The second-order valence-corrected chi connectivity index (χ2v) is 7.29. The summed E-state index contributed by atoms with van der Waals surface area (Å²) >= 11 is 0. The topological polar surface area (TPSA) is 41.6 Å². The number of carbonyl (C=O) groups excluding carboxylic acids is 1. The summed E-state index contributed by atoms with van der Waals surface area (Å²) in [7, 11) is 0. The fraction of sp³-hybridized carbons (Fsp3) is 0.650. The minimum Gasteiger partial charge on any atom is -0.375 e. The first-order valence-corrected chi connectivity index (χ1v) is 9.39. The van der Waals surface area contributed by atoms with Crippen molar-refractivity contribution in [3.8, 4) is 0 Å². The van der Waals surface area contributed by atoms with Gasteiger partial charge < -0.3 is 15.0 Å². The number of benzene rings is 1. The third-order valence-electron chi connectivity index (χ3n) is 5.43. The lowest BCUT2D eigenvalue weighted by atomic mass is 9.80. The molecular formula is C20H30N2O2. The van der Waals surface area contributed by atoms with E-state index in [9.17, 15) is 4.79 Å². The Bertz CT molecular complexity index is 549. The summed E-state index contributed by atoms with van der Waals surface area (Å²) in [5.74, 6) is 0.268. The van der Waals surface area contributed by atoms with Crippen LogP contribution in [0.3, 0.4) is 0 Å². The summed E-state index contributed by atoms with van der Waals surface area (Å²) in [5.41, 5.74) is 1.85. The van der Waals surface area contributed by atoms with Crippen molar-refractivity contribution in [1.82, 2.24) is 4.90 Å². The molecule has 1 unspecified atom stereocenters. The highest BCUT2D eigenvalue weighted by molar-refractivity contribution is 5.89. The maximum atomic E-state index is 13.4. The Kier molecular flexibility index (Phi) is 5.44. The average Bonchev–Trinajstić information content (AvgIpc) is 2.64. The predicted octanol–water partition coefficient (Wildman–Crippen LogP) is 3.75. The predicted molar refractivity (Wildman–Crippen MR) is 97.2 cm³/mol. The quantitative estimate of drug-likeness (QED) is 0.914. The Balaban J connectivity index is 1.79. The maximum Gasteiger partial charge on any atom is 0.248 e. The molecule has 2 aliphatic rings. The monoisotopic (exact) mass is 330 g/mol. The number of rotatable bonds is 4. The fourth-order valence-corrected chi connectivity index (χ4v) is 3.91. The number of nitrogens with one attached hydrogen (secondary N) is 1. The van der Waals surface area contributed by atoms with Crippen molar-refractivity contribution in [3.05, 3.63) is 29.8 Å². The zero-order valence-corrected chi connectivity index (χ0v) is 15.0. The van der Waals surface area contributed by atoms with Crippen LogP contribution in [0.1, 0.15) is 51.0 Å². The van der Waals surface area contributed by atoms with Crippen LogP contribution in [0.15, 0.2) is 24.3 Å². The number of nitrogens with zero attached hydrogens (tertiary/aromatic N) is 1. The normalized spacial score (nSPS) is 23.8. The highest BCUT2D eigenvalue weighted by Gasteiger charge is 2.43. The lowest BCUT2D eigenvalue weighted by Crippen LogP contribution is -2.58. The SMILES string of the molecule is CCC1CN(C(=O)C2(Nc3ccc(C)cc3)CCCCC2)CCO1. The van der Waals surface area contributed by atoms with Gasteiger partial charge in [0.15, 0.2) is 0 Å². The van der Waals surface area contributed by atoms with E-state index in [1.807, 2.05) is 4.90 Å². The molecule has 0 radical (unpaired) electrons. The molecule has 1 amide bonds. The summed E-state index contributed by atoms with van der Waals surface area (Å²) in [6.45, 7) is 6.31. The van der Waals surface area contributed by atoms with Gasteiger partial charge in [-0.3, -0.25) is 4.79 Å². The molecule has 3 rings (SSSR count). The van der Waals surface area contributed by atoms with E-state index >= 15 is 0 Å². The molecule has 24 heavy (non-hydrogen) atoms. The Labute approximate surface area is 145 Å². The molecule has 1 aliphatic heterocycles. The molecule has 0 spiro atoms. The number of anilines is 1. The van der Waals surface area contributed by atoms with E-state index in [2.05, 4.69) is 43.4 Å². The first kappa shape index (κ1) is 17.3. The van der Waals surface area contributed by atoms with Crippen molar-refractivity contribution in [3.63, 3.8) is 0 Å². The van der Waals surface area contributed by atoms with Crippen molar-refractivity contribution >= 4 is 11.6 Å². The van der Waals surface area contributed by atoms with Gasteiger partial charge in [-0.05, 0) is 38.3 Å². The lowest BCUT2D eigenvalue weighted by Gasteiger charge is -2.43. The van der Waals surface area contributed by atoms with Crippen LogP contribution in [-0.2, 0) is 9.53 Å². The van der Waals surface area contributed by atoms with Crippen molar-refractivity contribution < 1.29 is 9.53 Å². The number of morpholine rings is 1. The van der Waals surface area contributed by atoms with Crippen LogP contribution in [0.25, 0.3) is 0 Å². The van der Waals surface area contributed by atoms with Gasteiger partial charge in [0, 0.05) is 18.8 Å². The number of ether oxygens (including phenoxy) is 1. The van der Waals surface area contributed by atoms with Gasteiger partial charge >= 0.3 is 0 Å². The first-order valence-electron chi connectivity index (χ1n) is 9.39. The van der Waals surface area contributed by atoms with Crippen LogP contribution in [0.2, 0.25) is 0 Å². The minimum atomic E-state index is -0.441. The standard InChI is InChI=1S/C20H30N2O2/c1-3-18-15-22(13-14-24-18)19(23)20(11-5-4-6-12-20)21-17-9-7-16(2)8-10-17/h7-10,18,21H,3-6,11-15H2,1-2H3. The van der Waals surface area contributed by atoms with Gasteiger partial charge in [0.25, 0.3) is 0 Å². The van der Waals surface area contributed by atoms with Crippen molar-refractivity contribution in [2.24, 2.45) is 0 Å². The van der Waals surface area contributed by atoms with Crippen molar-refractivity contribution in [2.75, 3.05) is 25.0 Å². The third kappa shape index (κ3) is 3.75. The van der Waals surface area contributed by atoms with E-state index in [4.69, 9.17) is 4.74 Å². The highest BCUT2D eigenvalue weighted by atomic mass is 16.5. The Morgan fingerprint density at radius 2 is 1.96 bits per heavy atom. The molecule has 132 valence electrons. The van der Waals surface area contributed by atoms with Gasteiger partial charge in [-0.1, -0.05) is 43.9 Å². The van der Waals surface area contributed by atoms with Crippen LogP contribution in [-0.4, -0.2) is 42.1 Å². The molecule has 1 aromatic rings.